The topological polar surface area (TPSA) is 90.2 Å². The average Bonchev–Trinajstić information content (AvgIpc) is 3.04. The summed E-state index contributed by atoms with van der Waals surface area (Å²) in [6.45, 7) is 4.09. The minimum atomic E-state index is -4.61. The van der Waals surface area contributed by atoms with E-state index in [1.54, 1.807) is 11.6 Å². The summed E-state index contributed by atoms with van der Waals surface area (Å²) in [4.78, 5) is 11.3. The van der Waals surface area contributed by atoms with Crippen molar-refractivity contribution in [3.8, 4) is 6.01 Å². The lowest BCUT2D eigenvalue weighted by Gasteiger charge is -2.31. The van der Waals surface area contributed by atoms with E-state index in [4.69, 9.17) is 4.74 Å². The van der Waals surface area contributed by atoms with E-state index in [1.807, 2.05) is 13.8 Å². The molecule has 29 heavy (non-hydrogen) atoms. The lowest BCUT2D eigenvalue weighted by Crippen LogP contribution is -2.44. The van der Waals surface area contributed by atoms with Gasteiger partial charge in [0.05, 0.1) is 6.54 Å². The van der Waals surface area contributed by atoms with E-state index in [0.717, 1.165) is 12.3 Å². The third-order valence-electron chi connectivity index (χ3n) is 4.55. The number of rotatable bonds is 5. The zero-order valence-electron chi connectivity index (χ0n) is 16.2. The van der Waals surface area contributed by atoms with Crippen molar-refractivity contribution in [2.45, 2.75) is 49.9 Å². The first-order chi connectivity index (χ1) is 13.5. The molecule has 1 unspecified atom stereocenters. The maximum absolute atomic E-state index is 13.0. The summed E-state index contributed by atoms with van der Waals surface area (Å²) in [7, 11) is -2.12. The van der Waals surface area contributed by atoms with E-state index in [9.17, 15) is 21.6 Å². The molecular formula is C17H22F3N5O3S. The number of nitrogens with zero attached hydrogens (tertiary/aromatic N) is 5. The van der Waals surface area contributed by atoms with Crippen LogP contribution in [0.1, 0.15) is 44.1 Å². The summed E-state index contributed by atoms with van der Waals surface area (Å²) in [6, 6.07) is 0.321. The number of sulfonamides is 1. The van der Waals surface area contributed by atoms with Gasteiger partial charge in [0.1, 0.15) is 11.9 Å². The van der Waals surface area contributed by atoms with Gasteiger partial charge in [0.25, 0.3) is 10.0 Å². The Morgan fingerprint density at radius 3 is 2.62 bits per heavy atom. The first-order valence-electron chi connectivity index (χ1n) is 9.09. The first kappa shape index (κ1) is 21.5. The first-order valence-corrected chi connectivity index (χ1v) is 10.5. The van der Waals surface area contributed by atoms with E-state index in [2.05, 4.69) is 15.0 Å². The number of ether oxygens (including phenoxy) is 1. The molecule has 0 N–H and O–H groups in total. The van der Waals surface area contributed by atoms with Crippen LogP contribution >= 0.6 is 0 Å². The number of aromatic nitrogens is 4. The predicted molar refractivity (Wildman–Crippen MR) is 96.7 cm³/mol. The van der Waals surface area contributed by atoms with Gasteiger partial charge in [-0.2, -0.15) is 22.5 Å². The molecule has 0 saturated carbocycles. The fourth-order valence-electron chi connectivity index (χ4n) is 3.17. The number of hydrogen-bond donors (Lipinski definition) is 0. The van der Waals surface area contributed by atoms with Crippen LogP contribution in [0.5, 0.6) is 6.01 Å². The van der Waals surface area contributed by atoms with Gasteiger partial charge in [-0.25, -0.2) is 18.4 Å². The number of hydrogen-bond acceptors (Lipinski definition) is 6. The molecule has 2 aromatic rings. The highest BCUT2D eigenvalue weighted by molar-refractivity contribution is 7.89. The Bertz CT molecular complexity index is 975. The van der Waals surface area contributed by atoms with Gasteiger partial charge in [-0.1, -0.05) is 13.8 Å². The van der Waals surface area contributed by atoms with Crippen LogP contribution in [-0.2, 0) is 23.2 Å². The largest absolute Gasteiger partial charge is 0.459 e. The molecule has 12 heteroatoms. The summed E-state index contributed by atoms with van der Waals surface area (Å²) >= 11 is 0. The van der Waals surface area contributed by atoms with Gasteiger partial charge in [0.15, 0.2) is 10.7 Å². The Hall–Kier alpha value is -2.21. The molecule has 3 heterocycles. The van der Waals surface area contributed by atoms with Crippen molar-refractivity contribution in [2.24, 2.45) is 7.05 Å². The van der Waals surface area contributed by atoms with E-state index in [1.165, 1.54) is 10.5 Å². The lowest BCUT2D eigenvalue weighted by atomic mass is 10.1. The van der Waals surface area contributed by atoms with Crippen molar-refractivity contribution < 1.29 is 26.3 Å². The summed E-state index contributed by atoms with van der Waals surface area (Å²) < 4.78 is 72.7. The van der Waals surface area contributed by atoms with E-state index in [0.29, 0.717) is 18.7 Å². The minimum absolute atomic E-state index is 0.0183. The fourth-order valence-corrected chi connectivity index (χ4v) is 4.67. The van der Waals surface area contributed by atoms with Crippen molar-refractivity contribution in [3.63, 3.8) is 0 Å². The monoisotopic (exact) mass is 433 g/mol. The van der Waals surface area contributed by atoms with Gasteiger partial charge in [0, 0.05) is 31.9 Å². The van der Waals surface area contributed by atoms with E-state index in [-0.39, 0.29) is 24.0 Å². The van der Waals surface area contributed by atoms with Crippen molar-refractivity contribution in [2.75, 3.05) is 13.1 Å². The van der Waals surface area contributed by atoms with E-state index < -0.39 is 34.0 Å². The molecule has 1 fully saturated rings. The third kappa shape index (κ3) is 4.69. The Morgan fingerprint density at radius 1 is 1.28 bits per heavy atom. The van der Waals surface area contributed by atoms with Gasteiger partial charge >= 0.3 is 12.2 Å². The Morgan fingerprint density at radius 2 is 2.00 bits per heavy atom. The molecule has 8 nitrogen and oxygen atoms in total. The molecule has 1 aliphatic heterocycles. The summed E-state index contributed by atoms with van der Waals surface area (Å²) in [5.74, 6) is 0.699. The molecule has 0 radical (unpaired) electrons. The number of aryl methyl sites for hydroxylation is 1. The minimum Gasteiger partial charge on any atom is -0.459 e. The van der Waals surface area contributed by atoms with Crippen LogP contribution in [0.4, 0.5) is 13.2 Å². The predicted octanol–water partition coefficient (Wildman–Crippen LogP) is 2.58. The maximum atomic E-state index is 13.0. The van der Waals surface area contributed by atoms with Crippen LogP contribution in [0.25, 0.3) is 0 Å². The highest BCUT2D eigenvalue weighted by atomic mass is 32.2. The molecule has 2 aromatic heterocycles. The maximum Gasteiger partial charge on any atom is 0.433 e. The van der Waals surface area contributed by atoms with Gasteiger partial charge in [-0.15, -0.1) is 0 Å². The molecule has 1 aliphatic rings. The molecule has 0 spiro atoms. The van der Waals surface area contributed by atoms with Gasteiger partial charge in [-0.05, 0) is 18.9 Å². The van der Waals surface area contributed by atoms with Crippen LogP contribution in [0.15, 0.2) is 23.5 Å². The lowest BCUT2D eigenvalue weighted by molar-refractivity contribution is -0.141. The fraction of sp³-hybridized carbons (Fsp3) is 0.588. The Labute approximate surface area is 166 Å². The zero-order valence-corrected chi connectivity index (χ0v) is 17.0. The number of alkyl halides is 3. The van der Waals surface area contributed by atoms with Crippen molar-refractivity contribution in [1.29, 1.82) is 0 Å². The van der Waals surface area contributed by atoms with Crippen LogP contribution in [-0.4, -0.2) is 51.4 Å². The van der Waals surface area contributed by atoms with Crippen LogP contribution in [0.2, 0.25) is 0 Å². The average molecular weight is 433 g/mol. The molecule has 3 rings (SSSR count). The molecule has 1 saturated heterocycles. The molecular weight excluding hydrogens is 411 g/mol. The normalized spacial score (nSPS) is 18.9. The number of halogens is 3. The second-order valence-electron chi connectivity index (χ2n) is 7.17. The molecule has 0 aromatic carbocycles. The molecule has 0 aliphatic carbocycles. The third-order valence-corrected chi connectivity index (χ3v) is 6.28. The summed E-state index contributed by atoms with van der Waals surface area (Å²) in [5.41, 5.74) is -1.11. The smallest absolute Gasteiger partial charge is 0.433 e. The number of piperidine rings is 1. The highest BCUT2D eigenvalue weighted by Gasteiger charge is 2.35. The number of imidazole rings is 1. The zero-order chi connectivity index (χ0) is 21.4. The van der Waals surface area contributed by atoms with Crippen molar-refractivity contribution in [3.05, 3.63) is 30.0 Å². The van der Waals surface area contributed by atoms with Crippen molar-refractivity contribution in [1.82, 2.24) is 23.8 Å². The molecule has 0 bridgehead atoms. The van der Waals surface area contributed by atoms with Crippen LogP contribution < -0.4 is 4.74 Å². The quantitative estimate of drug-likeness (QED) is 0.720. The van der Waals surface area contributed by atoms with Gasteiger partial charge < -0.3 is 9.30 Å². The SMILES string of the molecule is CC(C)c1nc(S(=O)(=O)N2CCCC(Oc3nccc(C(F)(F)F)n3)C2)cn1C. The standard InChI is InChI=1S/C17H22F3N5O3S/c1-11(2)15-23-14(10-24(15)3)29(26,27)25-8-4-5-12(9-25)28-16-21-7-6-13(22-16)17(18,19)20/h6-7,10-12H,4-5,8-9H2,1-3H3. The molecule has 0 amide bonds. The highest BCUT2D eigenvalue weighted by Crippen LogP contribution is 2.29. The van der Waals surface area contributed by atoms with Crippen LogP contribution in [0, 0.1) is 0 Å². The second kappa shape index (κ2) is 7.90. The molecule has 160 valence electrons. The van der Waals surface area contributed by atoms with Gasteiger partial charge in [-0.3, -0.25) is 0 Å². The second-order valence-corrected chi connectivity index (χ2v) is 9.06. The molecule has 1 atom stereocenters. The summed E-state index contributed by atoms with van der Waals surface area (Å²) in [6.07, 6.45) is -1.88. The van der Waals surface area contributed by atoms with Crippen molar-refractivity contribution >= 4 is 10.0 Å². The van der Waals surface area contributed by atoms with Gasteiger partial charge in [0.2, 0.25) is 0 Å². The Kier molecular flexibility index (Phi) is 5.86. The Balaban J connectivity index is 1.76. The summed E-state index contributed by atoms with van der Waals surface area (Å²) in [5, 5.41) is -0.0559. The van der Waals surface area contributed by atoms with Crippen LogP contribution in [0.3, 0.4) is 0 Å². The van der Waals surface area contributed by atoms with E-state index >= 15 is 0 Å².